The number of nitro groups is 1. The molecule has 0 fully saturated rings. The SMILES string of the molecule is O=[N+]([O-])c1ccc(N=Nc2ccc(N(CO)c3nc(NCO)nc(NCO)n3)cc2)cc1. The zero-order chi connectivity index (χ0) is 22.9. The number of aromatic nitrogens is 3. The van der Waals surface area contributed by atoms with Gasteiger partial charge in [-0.3, -0.25) is 15.0 Å². The summed E-state index contributed by atoms with van der Waals surface area (Å²) in [6.07, 6.45) is 0. The Morgan fingerprint density at radius 2 is 1.34 bits per heavy atom. The van der Waals surface area contributed by atoms with Crippen LogP contribution in [0, 0.1) is 10.1 Å². The molecule has 0 saturated carbocycles. The quantitative estimate of drug-likeness (QED) is 0.134. The first-order valence-electron chi connectivity index (χ1n) is 9.14. The largest absolute Gasteiger partial charge is 0.376 e. The number of benzene rings is 2. The molecular formula is C18H19N9O5. The van der Waals surface area contributed by atoms with Gasteiger partial charge in [-0.1, -0.05) is 0 Å². The maximum absolute atomic E-state index is 10.7. The first kappa shape index (κ1) is 22.4. The van der Waals surface area contributed by atoms with Crippen molar-refractivity contribution in [3.8, 4) is 0 Å². The third-order valence-corrected chi connectivity index (χ3v) is 3.98. The van der Waals surface area contributed by atoms with Crippen LogP contribution in [0.1, 0.15) is 0 Å². The van der Waals surface area contributed by atoms with Crippen molar-refractivity contribution in [1.82, 2.24) is 15.0 Å². The molecule has 1 aromatic heterocycles. The zero-order valence-corrected chi connectivity index (χ0v) is 16.5. The lowest BCUT2D eigenvalue weighted by Gasteiger charge is -2.21. The van der Waals surface area contributed by atoms with E-state index in [9.17, 15) is 15.2 Å². The molecule has 1 heterocycles. The number of aliphatic hydroxyl groups excluding tert-OH is 3. The van der Waals surface area contributed by atoms with Gasteiger partial charge in [0.2, 0.25) is 17.8 Å². The number of azo groups is 1. The Balaban J connectivity index is 1.79. The van der Waals surface area contributed by atoms with Crippen LogP contribution < -0.4 is 15.5 Å². The number of hydrogen-bond donors (Lipinski definition) is 5. The number of rotatable bonds is 10. The normalized spacial score (nSPS) is 10.8. The van der Waals surface area contributed by atoms with E-state index in [-0.39, 0.29) is 23.5 Å². The van der Waals surface area contributed by atoms with Gasteiger partial charge in [0.05, 0.1) is 16.3 Å². The van der Waals surface area contributed by atoms with Crippen molar-refractivity contribution in [3.05, 3.63) is 58.6 Å². The molecule has 0 amide bonds. The van der Waals surface area contributed by atoms with Gasteiger partial charge in [-0.25, -0.2) is 0 Å². The minimum atomic E-state index is -0.495. The molecule has 3 rings (SSSR count). The van der Waals surface area contributed by atoms with Crippen molar-refractivity contribution in [1.29, 1.82) is 0 Å². The maximum atomic E-state index is 10.7. The Morgan fingerprint density at radius 1 is 0.844 bits per heavy atom. The van der Waals surface area contributed by atoms with Crippen molar-refractivity contribution in [2.75, 3.05) is 35.7 Å². The molecule has 32 heavy (non-hydrogen) atoms. The van der Waals surface area contributed by atoms with E-state index in [1.165, 1.54) is 29.2 Å². The number of aliphatic hydroxyl groups is 3. The van der Waals surface area contributed by atoms with Crippen LogP contribution in [-0.2, 0) is 0 Å². The second kappa shape index (κ2) is 10.7. The summed E-state index contributed by atoms with van der Waals surface area (Å²) < 4.78 is 0. The number of nitro benzene ring substituents is 1. The minimum Gasteiger partial charge on any atom is -0.376 e. The Labute approximate surface area is 181 Å². The molecule has 14 nitrogen and oxygen atoms in total. The summed E-state index contributed by atoms with van der Waals surface area (Å²) in [6, 6.07) is 12.3. The number of nitrogens with one attached hydrogen (secondary N) is 2. The van der Waals surface area contributed by atoms with Gasteiger partial charge in [0.1, 0.15) is 20.2 Å². The fourth-order valence-electron chi connectivity index (χ4n) is 2.50. The molecule has 0 spiro atoms. The van der Waals surface area contributed by atoms with Gasteiger partial charge in [-0.2, -0.15) is 25.2 Å². The molecule has 0 unspecified atom stereocenters. The van der Waals surface area contributed by atoms with Crippen molar-refractivity contribution >= 4 is 40.6 Å². The molecule has 166 valence electrons. The fourth-order valence-corrected chi connectivity index (χ4v) is 2.50. The maximum Gasteiger partial charge on any atom is 0.269 e. The van der Waals surface area contributed by atoms with Crippen LogP contribution in [-0.4, -0.2) is 55.4 Å². The standard InChI is InChI=1S/C18H19N9O5/c28-9-19-16-21-17(20-10-29)23-18(22-16)26(11-30)14-5-1-12(2-6-14)24-25-13-3-7-15(8-4-13)27(31)32/h1-8,28-30H,9-11H2,(H2,19,20,21,22,23). The fraction of sp³-hybridized carbons (Fsp3) is 0.167. The number of nitrogens with zero attached hydrogens (tertiary/aromatic N) is 7. The van der Waals surface area contributed by atoms with Gasteiger partial charge in [0.25, 0.3) is 5.69 Å². The number of non-ortho nitro benzene ring substituents is 1. The molecule has 0 aliphatic heterocycles. The molecule has 14 heteroatoms. The summed E-state index contributed by atoms with van der Waals surface area (Å²) in [7, 11) is 0. The number of hydrogen-bond acceptors (Lipinski definition) is 13. The average Bonchev–Trinajstić information content (AvgIpc) is 2.80. The molecule has 5 N–H and O–H groups in total. The molecule has 0 radical (unpaired) electrons. The Bertz CT molecular complexity index is 1050. The van der Waals surface area contributed by atoms with Crippen LogP contribution >= 0.6 is 0 Å². The molecule has 2 aromatic carbocycles. The monoisotopic (exact) mass is 441 g/mol. The Morgan fingerprint density at radius 3 is 1.78 bits per heavy atom. The van der Waals surface area contributed by atoms with E-state index in [1.807, 2.05) is 0 Å². The second-order valence-electron chi connectivity index (χ2n) is 6.01. The highest BCUT2D eigenvalue weighted by Gasteiger charge is 2.15. The van der Waals surface area contributed by atoms with E-state index in [0.29, 0.717) is 17.1 Å². The first-order chi connectivity index (χ1) is 15.5. The van der Waals surface area contributed by atoms with E-state index in [2.05, 4.69) is 35.8 Å². The van der Waals surface area contributed by atoms with E-state index in [0.717, 1.165) is 0 Å². The van der Waals surface area contributed by atoms with Crippen LogP contribution in [0.4, 0.5) is 40.6 Å². The lowest BCUT2D eigenvalue weighted by molar-refractivity contribution is -0.384. The van der Waals surface area contributed by atoms with E-state index < -0.39 is 25.1 Å². The Hall–Kier alpha value is -4.27. The highest BCUT2D eigenvalue weighted by Crippen LogP contribution is 2.27. The first-order valence-corrected chi connectivity index (χ1v) is 9.14. The molecule has 0 atom stereocenters. The molecular weight excluding hydrogens is 422 g/mol. The lowest BCUT2D eigenvalue weighted by Crippen LogP contribution is -2.22. The summed E-state index contributed by atoms with van der Waals surface area (Å²) in [5, 5.41) is 51.8. The predicted molar refractivity (Wildman–Crippen MR) is 114 cm³/mol. The van der Waals surface area contributed by atoms with Crippen LogP contribution in [0.2, 0.25) is 0 Å². The summed E-state index contributed by atoms with van der Waals surface area (Å²) in [4.78, 5) is 23.8. The van der Waals surface area contributed by atoms with Gasteiger partial charge in [0, 0.05) is 17.8 Å². The minimum absolute atomic E-state index is 0.0366. The van der Waals surface area contributed by atoms with Crippen LogP contribution in [0.5, 0.6) is 0 Å². The van der Waals surface area contributed by atoms with Crippen LogP contribution in [0.15, 0.2) is 58.8 Å². The van der Waals surface area contributed by atoms with Gasteiger partial charge < -0.3 is 26.0 Å². The molecule has 0 bridgehead atoms. The highest BCUT2D eigenvalue weighted by atomic mass is 16.6. The molecule has 0 saturated heterocycles. The molecule has 0 aliphatic carbocycles. The van der Waals surface area contributed by atoms with Crippen LogP contribution in [0.3, 0.4) is 0 Å². The predicted octanol–water partition coefficient (Wildman–Crippen LogP) is 2.01. The molecule has 0 aliphatic rings. The third kappa shape index (κ3) is 5.66. The Kier molecular flexibility index (Phi) is 7.47. The second-order valence-corrected chi connectivity index (χ2v) is 6.01. The van der Waals surface area contributed by atoms with E-state index in [4.69, 9.17) is 10.2 Å². The molecule has 3 aromatic rings. The average molecular weight is 441 g/mol. The summed E-state index contributed by atoms with van der Waals surface area (Å²) in [6.45, 7) is -1.31. The van der Waals surface area contributed by atoms with Crippen molar-refractivity contribution in [2.24, 2.45) is 10.2 Å². The van der Waals surface area contributed by atoms with Crippen molar-refractivity contribution in [2.45, 2.75) is 0 Å². The highest BCUT2D eigenvalue weighted by molar-refractivity contribution is 5.61. The summed E-state index contributed by atoms with van der Waals surface area (Å²) in [5.74, 6) is 0.149. The van der Waals surface area contributed by atoms with Gasteiger partial charge in [-0.05, 0) is 36.4 Å². The van der Waals surface area contributed by atoms with E-state index in [1.54, 1.807) is 24.3 Å². The van der Waals surface area contributed by atoms with Crippen LogP contribution in [0.25, 0.3) is 0 Å². The zero-order valence-electron chi connectivity index (χ0n) is 16.5. The number of anilines is 4. The summed E-state index contributed by atoms with van der Waals surface area (Å²) in [5.41, 5.74) is 1.45. The van der Waals surface area contributed by atoms with Gasteiger partial charge in [-0.15, -0.1) is 0 Å². The van der Waals surface area contributed by atoms with E-state index >= 15 is 0 Å². The third-order valence-electron chi connectivity index (χ3n) is 3.98. The van der Waals surface area contributed by atoms with Gasteiger partial charge >= 0.3 is 0 Å². The lowest BCUT2D eigenvalue weighted by atomic mass is 10.2. The topological polar surface area (TPSA) is 195 Å². The van der Waals surface area contributed by atoms with Crippen molar-refractivity contribution in [3.63, 3.8) is 0 Å². The smallest absolute Gasteiger partial charge is 0.269 e. The van der Waals surface area contributed by atoms with Gasteiger partial charge in [0.15, 0.2) is 0 Å². The summed E-state index contributed by atoms with van der Waals surface area (Å²) >= 11 is 0. The van der Waals surface area contributed by atoms with Crippen molar-refractivity contribution < 1.29 is 20.2 Å².